The molecule has 21 heavy (non-hydrogen) atoms. The van der Waals surface area contributed by atoms with Crippen LogP contribution >= 0.6 is 11.3 Å². The fourth-order valence-electron chi connectivity index (χ4n) is 3.11. The fourth-order valence-corrected chi connectivity index (χ4v) is 4.26. The minimum Gasteiger partial charge on any atom is -0.381 e. The lowest BCUT2D eigenvalue weighted by atomic mass is 9.92. The third-order valence-corrected chi connectivity index (χ3v) is 5.57. The van der Waals surface area contributed by atoms with E-state index in [0.717, 1.165) is 25.7 Å². The molecule has 2 nitrogen and oxygen atoms in total. The third kappa shape index (κ3) is 3.85. The lowest BCUT2D eigenvalue weighted by molar-refractivity contribution is 0.0606. The van der Waals surface area contributed by atoms with Crippen LogP contribution in [-0.4, -0.2) is 19.8 Å². The van der Waals surface area contributed by atoms with Gasteiger partial charge < -0.3 is 10.1 Å². The molecule has 0 bridgehead atoms. The van der Waals surface area contributed by atoms with Crippen LogP contribution in [0.15, 0.2) is 30.3 Å². The predicted octanol–water partition coefficient (Wildman–Crippen LogP) is 4.76. The predicted molar refractivity (Wildman–Crippen MR) is 91.0 cm³/mol. The molecule has 1 N–H and O–H groups in total. The van der Waals surface area contributed by atoms with Crippen molar-refractivity contribution >= 4 is 21.4 Å². The van der Waals surface area contributed by atoms with Gasteiger partial charge in [-0.1, -0.05) is 25.1 Å². The maximum absolute atomic E-state index is 5.50. The average molecular weight is 303 g/mol. The van der Waals surface area contributed by atoms with E-state index in [-0.39, 0.29) is 0 Å². The number of fused-ring (bicyclic) bond motifs is 1. The molecule has 3 heteroatoms. The molecule has 1 saturated heterocycles. The molecule has 1 aromatic carbocycles. The molecule has 0 spiro atoms. The molecule has 114 valence electrons. The summed E-state index contributed by atoms with van der Waals surface area (Å²) in [4.78, 5) is 1.50. The second-order valence-corrected chi connectivity index (χ2v) is 7.10. The zero-order valence-electron chi connectivity index (χ0n) is 12.8. The molecule has 2 heterocycles. The first-order valence-electron chi connectivity index (χ1n) is 8.16. The molecule has 3 rings (SSSR count). The molecule has 1 aromatic heterocycles. The number of hydrogen-bond donors (Lipinski definition) is 1. The molecular weight excluding hydrogens is 278 g/mol. The van der Waals surface area contributed by atoms with Gasteiger partial charge in [0.25, 0.3) is 0 Å². The van der Waals surface area contributed by atoms with Crippen LogP contribution in [0.3, 0.4) is 0 Å². The second-order valence-electron chi connectivity index (χ2n) is 5.98. The standard InChI is InChI=1S/C18H25NOS/c1-2-9-19-16(12-14-7-10-20-11-8-14)18-13-15-5-3-4-6-17(15)21-18/h3-6,13-14,16,19H,2,7-12H2,1H3. The summed E-state index contributed by atoms with van der Waals surface area (Å²) in [6.07, 6.45) is 4.87. The Morgan fingerprint density at radius 2 is 2.10 bits per heavy atom. The van der Waals surface area contributed by atoms with Crippen molar-refractivity contribution in [2.75, 3.05) is 19.8 Å². The second kappa shape index (κ2) is 7.39. The van der Waals surface area contributed by atoms with Crippen molar-refractivity contribution in [1.29, 1.82) is 0 Å². The first-order valence-corrected chi connectivity index (χ1v) is 8.98. The molecule has 1 aliphatic rings. The van der Waals surface area contributed by atoms with Gasteiger partial charge >= 0.3 is 0 Å². The van der Waals surface area contributed by atoms with Crippen molar-refractivity contribution in [2.45, 2.75) is 38.6 Å². The van der Waals surface area contributed by atoms with Crippen LogP contribution in [-0.2, 0) is 4.74 Å². The van der Waals surface area contributed by atoms with Crippen molar-refractivity contribution in [3.8, 4) is 0 Å². The van der Waals surface area contributed by atoms with Crippen molar-refractivity contribution in [2.24, 2.45) is 5.92 Å². The molecule has 0 radical (unpaired) electrons. The molecule has 1 aliphatic heterocycles. The van der Waals surface area contributed by atoms with Crippen LogP contribution in [0.4, 0.5) is 0 Å². The van der Waals surface area contributed by atoms with Gasteiger partial charge in [-0.05, 0) is 55.7 Å². The van der Waals surface area contributed by atoms with Crippen LogP contribution in [0, 0.1) is 5.92 Å². The largest absolute Gasteiger partial charge is 0.381 e. The lowest BCUT2D eigenvalue weighted by Crippen LogP contribution is -2.26. The molecule has 2 aromatic rings. The van der Waals surface area contributed by atoms with Gasteiger partial charge in [0.2, 0.25) is 0 Å². The molecule has 0 aliphatic carbocycles. The molecule has 1 unspecified atom stereocenters. The summed E-state index contributed by atoms with van der Waals surface area (Å²) in [7, 11) is 0. The van der Waals surface area contributed by atoms with E-state index in [1.807, 2.05) is 11.3 Å². The highest BCUT2D eigenvalue weighted by Gasteiger charge is 2.21. The summed E-state index contributed by atoms with van der Waals surface area (Å²) in [5, 5.41) is 5.15. The molecule has 0 amide bonds. The van der Waals surface area contributed by atoms with Crippen molar-refractivity contribution in [3.63, 3.8) is 0 Å². The zero-order valence-corrected chi connectivity index (χ0v) is 13.6. The van der Waals surface area contributed by atoms with E-state index in [2.05, 4.69) is 42.6 Å². The highest BCUT2D eigenvalue weighted by molar-refractivity contribution is 7.19. The Kier molecular flexibility index (Phi) is 5.28. The normalized spacial score (nSPS) is 18.1. The monoisotopic (exact) mass is 303 g/mol. The highest BCUT2D eigenvalue weighted by Crippen LogP contribution is 2.34. The maximum Gasteiger partial charge on any atom is 0.0468 e. The van der Waals surface area contributed by atoms with Crippen LogP contribution in [0.2, 0.25) is 0 Å². The molecule has 1 atom stereocenters. The summed E-state index contributed by atoms with van der Waals surface area (Å²) in [5.41, 5.74) is 0. The van der Waals surface area contributed by atoms with E-state index in [4.69, 9.17) is 4.74 Å². The van der Waals surface area contributed by atoms with Gasteiger partial charge in [0.05, 0.1) is 0 Å². The van der Waals surface area contributed by atoms with Gasteiger partial charge in [-0.15, -0.1) is 11.3 Å². The average Bonchev–Trinajstić information content (AvgIpc) is 2.96. The number of hydrogen-bond acceptors (Lipinski definition) is 3. The van der Waals surface area contributed by atoms with Crippen molar-refractivity contribution in [3.05, 3.63) is 35.2 Å². The summed E-state index contributed by atoms with van der Waals surface area (Å²) in [6, 6.07) is 11.6. The van der Waals surface area contributed by atoms with E-state index in [1.54, 1.807) is 0 Å². The number of ether oxygens (including phenoxy) is 1. The Morgan fingerprint density at radius 1 is 1.29 bits per heavy atom. The Morgan fingerprint density at radius 3 is 2.86 bits per heavy atom. The van der Waals surface area contributed by atoms with Crippen molar-refractivity contribution < 1.29 is 4.74 Å². The fraction of sp³-hybridized carbons (Fsp3) is 0.556. The van der Waals surface area contributed by atoms with Crippen molar-refractivity contribution in [1.82, 2.24) is 5.32 Å². The van der Waals surface area contributed by atoms with E-state index < -0.39 is 0 Å². The maximum atomic E-state index is 5.50. The Bertz CT molecular complexity index is 526. The van der Waals surface area contributed by atoms with E-state index in [1.165, 1.54) is 40.6 Å². The van der Waals surface area contributed by atoms with E-state index in [0.29, 0.717) is 6.04 Å². The Hall–Kier alpha value is -0.900. The van der Waals surface area contributed by atoms with Crippen LogP contribution in [0.5, 0.6) is 0 Å². The van der Waals surface area contributed by atoms with Gasteiger partial charge in [0.15, 0.2) is 0 Å². The van der Waals surface area contributed by atoms with Crippen LogP contribution in [0.1, 0.15) is 43.5 Å². The third-order valence-electron chi connectivity index (χ3n) is 4.34. The highest BCUT2D eigenvalue weighted by atomic mass is 32.1. The van der Waals surface area contributed by atoms with Gasteiger partial charge in [-0.2, -0.15) is 0 Å². The van der Waals surface area contributed by atoms with Gasteiger partial charge in [0, 0.05) is 28.8 Å². The topological polar surface area (TPSA) is 21.3 Å². The smallest absolute Gasteiger partial charge is 0.0468 e. The SMILES string of the molecule is CCCNC(CC1CCOCC1)c1cc2ccccc2s1. The minimum atomic E-state index is 0.505. The molecular formula is C18H25NOS. The summed E-state index contributed by atoms with van der Waals surface area (Å²) in [6.45, 7) is 5.22. The molecule has 1 fully saturated rings. The zero-order chi connectivity index (χ0) is 14.5. The van der Waals surface area contributed by atoms with E-state index in [9.17, 15) is 0 Å². The summed E-state index contributed by atoms with van der Waals surface area (Å²) >= 11 is 1.95. The van der Waals surface area contributed by atoms with Gasteiger partial charge in [-0.25, -0.2) is 0 Å². The van der Waals surface area contributed by atoms with E-state index >= 15 is 0 Å². The summed E-state index contributed by atoms with van der Waals surface area (Å²) < 4.78 is 6.90. The number of thiophene rings is 1. The summed E-state index contributed by atoms with van der Waals surface area (Å²) in [5.74, 6) is 0.804. The Balaban J connectivity index is 1.76. The van der Waals surface area contributed by atoms with Crippen LogP contribution < -0.4 is 5.32 Å². The lowest BCUT2D eigenvalue weighted by Gasteiger charge is -2.27. The van der Waals surface area contributed by atoms with Gasteiger partial charge in [-0.3, -0.25) is 0 Å². The Labute approximate surface area is 131 Å². The number of rotatable bonds is 6. The van der Waals surface area contributed by atoms with Crippen LogP contribution in [0.25, 0.3) is 10.1 Å². The number of benzene rings is 1. The number of nitrogens with one attached hydrogen (secondary N) is 1. The van der Waals surface area contributed by atoms with Gasteiger partial charge in [0.1, 0.15) is 0 Å². The first-order chi connectivity index (χ1) is 10.4. The first kappa shape index (κ1) is 15.0. The quantitative estimate of drug-likeness (QED) is 0.831. The minimum absolute atomic E-state index is 0.505. The molecule has 0 saturated carbocycles.